The van der Waals surface area contributed by atoms with Crippen LogP contribution in [0.4, 0.5) is 4.39 Å². The zero-order valence-corrected chi connectivity index (χ0v) is 26.7. The molecule has 11 heteroatoms. The fraction of sp³-hybridized carbons (Fsp3) is 0.303. The van der Waals surface area contributed by atoms with Crippen LogP contribution in [0.1, 0.15) is 37.0 Å². The van der Waals surface area contributed by atoms with E-state index >= 15 is 0 Å². The monoisotopic (exact) mass is 640 g/mol. The molecule has 3 aromatic carbocycles. The molecule has 1 fully saturated rings. The van der Waals surface area contributed by atoms with Crippen LogP contribution in [0.25, 0.3) is 5.57 Å². The highest BCUT2D eigenvalue weighted by molar-refractivity contribution is 7.86. The molecule has 44 heavy (non-hydrogen) atoms. The van der Waals surface area contributed by atoms with Crippen molar-refractivity contribution < 1.29 is 31.3 Å². The van der Waals surface area contributed by atoms with Gasteiger partial charge in [-0.25, -0.2) is 4.39 Å². The first-order valence-electron chi connectivity index (χ1n) is 14.0. The molecule has 0 spiro atoms. The van der Waals surface area contributed by atoms with E-state index in [-0.39, 0.29) is 30.1 Å². The molecule has 1 N–H and O–H groups in total. The predicted molar refractivity (Wildman–Crippen MR) is 168 cm³/mol. The molecule has 0 bridgehead atoms. The zero-order chi connectivity index (χ0) is 31.8. The molecule has 1 aliphatic heterocycles. The number of fused-ring (bicyclic) bond motifs is 1. The van der Waals surface area contributed by atoms with Crippen LogP contribution in [0.3, 0.4) is 0 Å². The molecule has 1 saturated heterocycles. The SMILES string of the molecule is COc1cc(OS(=O)(=O)Cc2cccc(Cl)c2)ccc1C1=CCC2NC(C)(C)C(=O)N(C)C2=C1COc1cc(F)ccc1C. The first kappa shape index (κ1) is 31.6. The molecule has 1 heterocycles. The molecule has 5 rings (SSSR count). The second kappa shape index (κ2) is 12.3. The lowest BCUT2D eigenvalue weighted by Gasteiger charge is -2.45. The van der Waals surface area contributed by atoms with Gasteiger partial charge in [0.1, 0.15) is 35.4 Å². The summed E-state index contributed by atoms with van der Waals surface area (Å²) in [6.07, 6.45) is 2.61. The number of hydrogen-bond donors (Lipinski definition) is 1. The second-order valence-electron chi connectivity index (χ2n) is 11.4. The molecule has 1 unspecified atom stereocenters. The molecular formula is C33H34ClFN2O6S. The summed E-state index contributed by atoms with van der Waals surface area (Å²) in [6, 6.07) is 15.5. The number of methoxy groups -OCH3 is 1. The van der Waals surface area contributed by atoms with Gasteiger partial charge in [-0.2, -0.15) is 8.42 Å². The summed E-state index contributed by atoms with van der Waals surface area (Å²) >= 11 is 6.01. The summed E-state index contributed by atoms with van der Waals surface area (Å²) in [5.74, 6) is -0.0553. The Kier molecular flexibility index (Phi) is 8.80. The van der Waals surface area contributed by atoms with Gasteiger partial charge < -0.3 is 18.6 Å². The average molecular weight is 641 g/mol. The minimum atomic E-state index is -4.01. The molecule has 1 atom stereocenters. The Morgan fingerprint density at radius 2 is 1.86 bits per heavy atom. The van der Waals surface area contributed by atoms with Gasteiger partial charge in [0.25, 0.3) is 0 Å². The Balaban J connectivity index is 1.50. The number of piperazine rings is 1. The third-order valence-corrected chi connectivity index (χ3v) is 9.07. The van der Waals surface area contributed by atoms with Crippen molar-refractivity contribution in [3.63, 3.8) is 0 Å². The number of hydrogen-bond acceptors (Lipinski definition) is 7. The predicted octanol–water partition coefficient (Wildman–Crippen LogP) is 6.03. The minimum Gasteiger partial charge on any atom is -0.496 e. The number of carbonyl (C=O) groups is 1. The van der Waals surface area contributed by atoms with Gasteiger partial charge in [0, 0.05) is 41.0 Å². The van der Waals surface area contributed by atoms with Gasteiger partial charge in [0.15, 0.2) is 0 Å². The van der Waals surface area contributed by atoms with Crippen molar-refractivity contribution >= 4 is 33.2 Å². The van der Waals surface area contributed by atoms with Crippen LogP contribution in [0, 0.1) is 12.7 Å². The van der Waals surface area contributed by atoms with E-state index in [9.17, 15) is 17.6 Å². The number of likely N-dealkylation sites (N-methyl/N-ethyl adjacent to an activating group) is 1. The van der Waals surface area contributed by atoms with E-state index in [0.29, 0.717) is 39.6 Å². The second-order valence-corrected chi connectivity index (χ2v) is 13.4. The normalized spacial score (nSPS) is 18.1. The lowest BCUT2D eigenvalue weighted by molar-refractivity contribution is -0.137. The van der Waals surface area contributed by atoms with E-state index in [1.807, 2.05) is 26.8 Å². The Bertz CT molecular complexity index is 1790. The van der Waals surface area contributed by atoms with Crippen molar-refractivity contribution in [3.8, 4) is 17.2 Å². The first-order valence-corrected chi connectivity index (χ1v) is 16.0. The summed E-state index contributed by atoms with van der Waals surface area (Å²) in [4.78, 5) is 15.0. The van der Waals surface area contributed by atoms with Crippen LogP contribution in [0.15, 0.2) is 78.0 Å². The van der Waals surface area contributed by atoms with E-state index in [1.165, 1.54) is 25.3 Å². The Labute approximate surface area is 262 Å². The lowest BCUT2D eigenvalue weighted by atomic mass is 9.83. The maximum atomic E-state index is 14.1. The fourth-order valence-corrected chi connectivity index (χ4v) is 6.92. The molecule has 8 nitrogen and oxygen atoms in total. The standard InChI is InChI=1S/C33H34ClFN2O6S/c1-20-9-10-23(35)16-29(20)42-18-27-25(13-14-28-31(27)37(4)32(38)33(2,3)36-28)26-12-11-24(17-30(26)41-5)43-44(39,40)19-21-7-6-8-22(34)15-21/h6-13,15-17,28,36H,14,18-19H2,1-5H3. The van der Waals surface area contributed by atoms with Crippen LogP contribution in [-0.4, -0.2) is 51.6 Å². The van der Waals surface area contributed by atoms with Gasteiger partial charge in [-0.15, -0.1) is 0 Å². The van der Waals surface area contributed by atoms with E-state index in [2.05, 4.69) is 5.32 Å². The number of aryl methyl sites for hydroxylation is 1. The van der Waals surface area contributed by atoms with Gasteiger partial charge in [-0.05, 0) is 74.2 Å². The van der Waals surface area contributed by atoms with Gasteiger partial charge in [-0.1, -0.05) is 35.9 Å². The number of nitrogens with zero attached hydrogens (tertiary/aromatic N) is 1. The highest BCUT2D eigenvalue weighted by Gasteiger charge is 2.44. The summed E-state index contributed by atoms with van der Waals surface area (Å²) in [6.45, 7) is 5.55. The molecule has 3 aromatic rings. The quantitative estimate of drug-likeness (QED) is 0.285. The molecule has 0 aromatic heterocycles. The highest BCUT2D eigenvalue weighted by Crippen LogP contribution is 2.42. The first-order chi connectivity index (χ1) is 20.8. The van der Waals surface area contributed by atoms with E-state index in [0.717, 1.165) is 16.8 Å². The van der Waals surface area contributed by atoms with Crippen molar-refractivity contribution in [2.24, 2.45) is 0 Å². The fourth-order valence-electron chi connectivity index (χ4n) is 5.66. The molecule has 2 aliphatic rings. The number of nitrogens with one attached hydrogen (secondary N) is 1. The maximum absolute atomic E-state index is 14.1. The van der Waals surface area contributed by atoms with Crippen molar-refractivity contribution in [2.75, 3.05) is 20.8 Å². The Morgan fingerprint density at radius 3 is 2.59 bits per heavy atom. The van der Waals surface area contributed by atoms with Crippen molar-refractivity contribution in [2.45, 2.75) is 44.5 Å². The summed E-state index contributed by atoms with van der Waals surface area (Å²) in [5, 5.41) is 3.87. The van der Waals surface area contributed by atoms with E-state index < -0.39 is 21.5 Å². The molecular weight excluding hydrogens is 607 g/mol. The lowest BCUT2D eigenvalue weighted by Crippen LogP contribution is -2.64. The summed E-state index contributed by atoms with van der Waals surface area (Å²) in [7, 11) is -0.786. The zero-order valence-electron chi connectivity index (χ0n) is 25.1. The molecule has 1 aliphatic carbocycles. The molecule has 1 amide bonds. The number of amides is 1. The van der Waals surface area contributed by atoms with Crippen LogP contribution in [0.2, 0.25) is 5.02 Å². The number of halogens is 2. The third kappa shape index (κ3) is 6.62. The summed E-state index contributed by atoms with van der Waals surface area (Å²) in [5.41, 5.74) is 3.34. The van der Waals surface area contributed by atoms with E-state index in [4.69, 9.17) is 25.3 Å². The van der Waals surface area contributed by atoms with Crippen LogP contribution >= 0.6 is 11.6 Å². The number of ether oxygens (including phenoxy) is 2. The van der Waals surface area contributed by atoms with Crippen LogP contribution in [0.5, 0.6) is 17.2 Å². The third-order valence-electron chi connectivity index (χ3n) is 7.70. The smallest absolute Gasteiger partial charge is 0.313 e. The minimum absolute atomic E-state index is 0.0388. The van der Waals surface area contributed by atoms with Crippen molar-refractivity contribution in [1.82, 2.24) is 10.2 Å². The van der Waals surface area contributed by atoms with Crippen molar-refractivity contribution in [1.29, 1.82) is 0 Å². The van der Waals surface area contributed by atoms with Gasteiger partial charge in [0.2, 0.25) is 5.91 Å². The van der Waals surface area contributed by atoms with Crippen molar-refractivity contribution in [3.05, 3.63) is 106 Å². The Morgan fingerprint density at radius 1 is 1.09 bits per heavy atom. The number of rotatable bonds is 9. The average Bonchev–Trinajstić information content (AvgIpc) is 2.95. The number of benzene rings is 3. The molecule has 0 saturated carbocycles. The van der Waals surface area contributed by atoms with Gasteiger partial charge >= 0.3 is 10.1 Å². The van der Waals surface area contributed by atoms with Crippen LogP contribution in [-0.2, 0) is 20.7 Å². The Hall–Kier alpha value is -3.86. The largest absolute Gasteiger partial charge is 0.496 e. The number of carbonyl (C=O) groups excluding carboxylic acids is 1. The van der Waals surface area contributed by atoms with E-state index in [1.54, 1.807) is 54.4 Å². The van der Waals surface area contributed by atoms with Gasteiger partial charge in [-0.3, -0.25) is 10.1 Å². The van der Waals surface area contributed by atoms with Gasteiger partial charge in [0.05, 0.1) is 18.7 Å². The highest BCUT2D eigenvalue weighted by atomic mass is 35.5. The topological polar surface area (TPSA) is 94.2 Å². The summed E-state index contributed by atoms with van der Waals surface area (Å²) < 4.78 is 57.1. The molecule has 0 radical (unpaired) electrons. The maximum Gasteiger partial charge on any atom is 0.313 e. The van der Waals surface area contributed by atoms with Crippen LogP contribution < -0.4 is 19.0 Å². The molecule has 232 valence electrons.